The van der Waals surface area contributed by atoms with Crippen molar-refractivity contribution in [2.24, 2.45) is 0 Å². The highest BCUT2D eigenvalue weighted by atomic mass is 127. The minimum Gasteiger partial charge on any atom is -0.399 e. The number of aromatic nitrogens is 1. The van der Waals surface area contributed by atoms with Crippen LogP contribution in [-0.4, -0.2) is 10.9 Å². The first kappa shape index (κ1) is 13.9. The van der Waals surface area contributed by atoms with Crippen molar-refractivity contribution in [1.82, 2.24) is 4.98 Å². The molecule has 0 fully saturated rings. The number of anilines is 2. The number of H-pyrrole nitrogens is 1. The van der Waals surface area contributed by atoms with Gasteiger partial charge in [0.2, 0.25) is 0 Å². The van der Waals surface area contributed by atoms with Crippen molar-refractivity contribution in [2.75, 3.05) is 11.1 Å². The van der Waals surface area contributed by atoms with Gasteiger partial charge in [0.1, 0.15) is 5.82 Å². The number of nitrogens with two attached hydrogens (primary N) is 1. The number of nitrogen functional groups attached to an aromatic ring is 1. The molecule has 0 saturated carbocycles. The van der Waals surface area contributed by atoms with Crippen LogP contribution in [0.2, 0.25) is 0 Å². The van der Waals surface area contributed by atoms with Gasteiger partial charge < -0.3 is 16.0 Å². The molecule has 0 saturated heterocycles. The van der Waals surface area contributed by atoms with Crippen LogP contribution in [-0.2, 0) is 0 Å². The minimum absolute atomic E-state index is 0.254. The average Bonchev–Trinajstić information content (AvgIpc) is 2.84. The highest BCUT2D eigenvalue weighted by Crippen LogP contribution is 2.24. The van der Waals surface area contributed by atoms with Gasteiger partial charge in [-0.3, -0.25) is 4.79 Å². The first-order valence-electron chi connectivity index (χ1n) is 6.17. The third kappa shape index (κ3) is 2.71. The van der Waals surface area contributed by atoms with Crippen molar-refractivity contribution >= 4 is 50.8 Å². The first-order valence-corrected chi connectivity index (χ1v) is 7.25. The number of nitrogens with one attached hydrogen (secondary N) is 2. The molecular formula is C15H11FIN3O. The molecule has 1 amide bonds. The summed E-state index contributed by atoms with van der Waals surface area (Å²) < 4.78 is 13.7. The Morgan fingerprint density at radius 3 is 2.81 bits per heavy atom. The van der Waals surface area contributed by atoms with Crippen LogP contribution >= 0.6 is 22.6 Å². The van der Waals surface area contributed by atoms with Gasteiger partial charge >= 0.3 is 0 Å². The molecule has 106 valence electrons. The maximum atomic E-state index is 13.1. The van der Waals surface area contributed by atoms with E-state index in [0.29, 0.717) is 20.5 Å². The van der Waals surface area contributed by atoms with Crippen molar-refractivity contribution in [1.29, 1.82) is 0 Å². The number of aromatic amines is 1. The fraction of sp³-hybridized carbons (Fsp3) is 0. The molecule has 21 heavy (non-hydrogen) atoms. The molecule has 0 aliphatic heterocycles. The SMILES string of the molecule is Nc1ccc2c(C(=O)Nc3ccc(F)cc3I)c[nH]c2c1. The molecule has 3 rings (SSSR count). The molecule has 1 heterocycles. The van der Waals surface area contributed by atoms with Crippen LogP contribution in [0.5, 0.6) is 0 Å². The van der Waals surface area contributed by atoms with E-state index in [-0.39, 0.29) is 11.7 Å². The summed E-state index contributed by atoms with van der Waals surface area (Å²) in [5.74, 6) is -0.587. The van der Waals surface area contributed by atoms with Gasteiger partial charge in [-0.15, -0.1) is 0 Å². The Morgan fingerprint density at radius 2 is 2.05 bits per heavy atom. The fourth-order valence-electron chi connectivity index (χ4n) is 2.11. The molecule has 6 heteroatoms. The van der Waals surface area contributed by atoms with E-state index in [4.69, 9.17) is 5.73 Å². The van der Waals surface area contributed by atoms with Crippen molar-refractivity contribution in [2.45, 2.75) is 0 Å². The zero-order chi connectivity index (χ0) is 15.0. The molecule has 0 spiro atoms. The zero-order valence-electron chi connectivity index (χ0n) is 10.8. The van der Waals surface area contributed by atoms with Crippen LogP contribution in [0.1, 0.15) is 10.4 Å². The number of halogens is 2. The Bertz CT molecular complexity index is 844. The monoisotopic (exact) mass is 395 g/mol. The van der Waals surface area contributed by atoms with Crippen LogP contribution in [0, 0.1) is 9.39 Å². The van der Waals surface area contributed by atoms with Crippen LogP contribution in [0.3, 0.4) is 0 Å². The summed E-state index contributed by atoms with van der Waals surface area (Å²) in [6, 6.07) is 9.54. The third-order valence-electron chi connectivity index (χ3n) is 3.13. The predicted molar refractivity (Wildman–Crippen MR) is 89.8 cm³/mol. The molecule has 0 unspecified atom stereocenters. The van der Waals surface area contributed by atoms with E-state index in [1.807, 2.05) is 22.6 Å². The topological polar surface area (TPSA) is 70.9 Å². The van der Waals surface area contributed by atoms with E-state index < -0.39 is 0 Å². The van der Waals surface area contributed by atoms with Gasteiger partial charge in [-0.25, -0.2) is 4.39 Å². The van der Waals surface area contributed by atoms with E-state index in [1.165, 1.54) is 12.1 Å². The zero-order valence-corrected chi connectivity index (χ0v) is 12.9. The van der Waals surface area contributed by atoms with E-state index in [0.717, 1.165) is 10.9 Å². The summed E-state index contributed by atoms with van der Waals surface area (Å²) >= 11 is 1.98. The number of benzene rings is 2. The average molecular weight is 395 g/mol. The van der Waals surface area contributed by atoms with Gasteiger partial charge in [-0.2, -0.15) is 0 Å². The number of hydrogen-bond acceptors (Lipinski definition) is 2. The number of fused-ring (bicyclic) bond motifs is 1. The summed E-state index contributed by atoms with van der Waals surface area (Å²) in [5.41, 5.74) is 8.23. The van der Waals surface area contributed by atoms with E-state index >= 15 is 0 Å². The Balaban J connectivity index is 1.94. The summed E-state index contributed by atoms with van der Waals surface area (Å²) in [5, 5.41) is 3.57. The lowest BCUT2D eigenvalue weighted by Crippen LogP contribution is -2.12. The van der Waals surface area contributed by atoms with Crippen LogP contribution < -0.4 is 11.1 Å². The smallest absolute Gasteiger partial charge is 0.257 e. The lowest BCUT2D eigenvalue weighted by molar-refractivity contribution is 0.102. The molecule has 0 aliphatic rings. The minimum atomic E-state index is -0.333. The van der Waals surface area contributed by atoms with Crippen LogP contribution in [0.4, 0.5) is 15.8 Å². The Hall–Kier alpha value is -2.09. The molecule has 0 bridgehead atoms. The maximum absolute atomic E-state index is 13.1. The Labute approximate surface area is 133 Å². The van der Waals surface area contributed by atoms with Gasteiger partial charge in [0, 0.05) is 26.4 Å². The number of carbonyl (C=O) groups excluding carboxylic acids is 1. The highest BCUT2D eigenvalue weighted by molar-refractivity contribution is 14.1. The molecule has 1 aromatic heterocycles. The third-order valence-corrected chi connectivity index (χ3v) is 4.02. The number of rotatable bonds is 2. The molecular weight excluding hydrogens is 384 g/mol. The normalized spacial score (nSPS) is 10.8. The van der Waals surface area contributed by atoms with Crippen molar-refractivity contribution < 1.29 is 9.18 Å². The number of hydrogen-bond donors (Lipinski definition) is 3. The van der Waals surface area contributed by atoms with Gasteiger partial charge in [0.05, 0.1) is 11.3 Å². The van der Waals surface area contributed by atoms with Crippen LogP contribution in [0.25, 0.3) is 10.9 Å². The molecule has 0 radical (unpaired) electrons. The lowest BCUT2D eigenvalue weighted by atomic mass is 10.1. The number of amides is 1. The quantitative estimate of drug-likeness (QED) is 0.457. The summed E-state index contributed by atoms with van der Waals surface area (Å²) in [4.78, 5) is 15.4. The summed E-state index contributed by atoms with van der Waals surface area (Å²) in [6.45, 7) is 0. The van der Waals surface area contributed by atoms with Crippen molar-refractivity contribution in [3.63, 3.8) is 0 Å². The lowest BCUT2D eigenvalue weighted by Gasteiger charge is -2.07. The Morgan fingerprint density at radius 1 is 1.24 bits per heavy atom. The first-order chi connectivity index (χ1) is 10.0. The molecule has 4 N–H and O–H groups in total. The molecule has 3 aromatic rings. The fourth-order valence-corrected chi connectivity index (χ4v) is 2.72. The molecule has 0 aliphatic carbocycles. The number of carbonyl (C=O) groups is 1. The van der Waals surface area contributed by atoms with Gasteiger partial charge in [0.15, 0.2) is 0 Å². The standard InChI is InChI=1S/C15H11FIN3O/c16-8-1-4-13(12(17)5-8)20-15(21)11-7-19-14-6-9(18)2-3-10(11)14/h1-7,19H,18H2,(H,20,21). The molecule has 4 nitrogen and oxygen atoms in total. The summed E-state index contributed by atoms with van der Waals surface area (Å²) in [6.07, 6.45) is 1.63. The second kappa shape index (κ2) is 5.36. The largest absolute Gasteiger partial charge is 0.399 e. The van der Waals surface area contributed by atoms with Crippen molar-refractivity contribution in [3.8, 4) is 0 Å². The highest BCUT2D eigenvalue weighted by Gasteiger charge is 2.13. The second-order valence-electron chi connectivity index (χ2n) is 4.59. The predicted octanol–water partition coefficient (Wildman–Crippen LogP) is 3.75. The summed E-state index contributed by atoms with van der Waals surface area (Å²) in [7, 11) is 0. The van der Waals surface area contributed by atoms with Crippen molar-refractivity contribution in [3.05, 3.63) is 57.5 Å². The maximum Gasteiger partial charge on any atom is 0.257 e. The van der Waals surface area contributed by atoms with E-state index in [1.54, 1.807) is 30.5 Å². The van der Waals surface area contributed by atoms with Gasteiger partial charge in [0.25, 0.3) is 5.91 Å². The Kier molecular flexibility index (Phi) is 3.54. The van der Waals surface area contributed by atoms with Crippen LogP contribution in [0.15, 0.2) is 42.6 Å². The second-order valence-corrected chi connectivity index (χ2v) is 5.75. The molecule has 0 atom stereocenters. The van der Waals surface area contributed by atoms with Gasteiger partial charge in [-0.05, 0) is 59.0 Å². The van der Waals surface area contributed by atoms with E-state index in [2.05, 4.69) is 10.3 Å². The van der Waals surface area contributed by atoms with Gasteiger partial charge in [-0.1, -0.05) is 0 Å². The molecule has 2 aromatic carbocycles. The van der Waals surface area contributed by atoms with E-state index in [9.17, 15) is 9.18 Å².